The second-order valence-corrected chi connectivity index (χ2v) is 8.92. The molecular weight excluding hydrogens is 367 g/mol. The predicted octanol–water partition coefficient (Wildman–Crippen LogP) is 6.31. The van der Waals surface area contributed by atoms with E-state index in [-0.39, 0.29) is 6.10 Å². The van der Waals surface area contributed by atoms with Gasteiger partial charge in [-0.15, -0.1) is 0 Å². The van der Waals surface area contributed by atoms with E-state index in [1.165, 1.54) is 44.9 Å². The highest BCUT2D eigenvalue weighted by atomic mass is 35.5. The summed E-state index contributed by atoms with van der Waals surface area (Å²) in [7, 11) is 0. The lowest BCUT2D eigenvalue weighted by atomic mass is 9.62. The summed E-state index contributed by atoms with van der Waals surface area (Å²) in [5.74, 6) is 0.910. The van der Waals surface area contributed by atoms with Crippen LogP contribution < -0.4 is 0 Å². The summed E-state index contributed by atoms with van der Waals surface area (Å²) in [6, 6.07) is 5.69. The van der Waals surface area contributed by atoms with Crippen LogP contribution in [0, 0.1) is 11.3 Å². The van der Waals surface area contributed by atoms with Crippen molar-refractivity contribution in [2.75, 3.05) is 6.61 Å². The van der Waals surface area contributed by atoms with Gasteiger partial charge < -0.3 is 9.30 Å². The fraction of sp³-hybridized carbons (Fsp3) is 0.571. The summed E-state index contributed by atoms with van der Waals surface area (Å²) < 4.78 is 8.62. The first-order valence-corrected chi connectivity index (χ1v) is 10.4. The van der Waals surface area contributed by atoms with Crippen LogP contribution in [0.3, 0.4) is 0 Å². The Balaban J connectivity index is 1.53. The summed E-state index contributed by atoms with van der Waals surface area (Å²) >= 11 is 12.6. The summed E-state index contributed by atoms with van der Waals surface area (Å²) in [5.41, 5.74) is 1.37. The molecule has 26 heavy (non-hydrogen) atoms. The largest absolute Gasteiger partial charge is 0.371 e. The van der Waals surface area contributed by atoms with E-state index in [2.05, 4.69) is 9.55 Å². The van der Waals surface area contributed by atoms with Crippen molar-refractivity contribution in [1.82, 2.24) is 9.55 Å². The molecule has 2 fully saturated rings. The van der Waals surface area contributed by atoms with Crippen molar-refractivity contribution in [3.63, 3.8) is 0 Å². The smallest absolute Gasteiger partial charge is 0.102 e. The van der Waals surface area contributed by atoms with Gasteiger partial charge in [0.25, 0.3) is 0 Å². The topological polar surface area (TPSA) is 27.1 Å². The molecule has 2 aliphatic rings. The molecule has 2 bridgehead atoms. The van der Waals surface area contributed by atoms with Crippen LogP contribution >= 0.6 is 23.2 Å². The molecule has 0 spiro atoms. The normalized spacial score (nSPS) is 26.6. The van der Waals surface area contributed by atoms with Crippen LogP contribution in [-0.2, 0) is 11.3 Å². The first-order chi connectivity index (χ1) is 12.6. The number of hydrogen-bond donors (Lipinski definition) is 0. The van der Waals surface area contributed by atoms with E-state index in [1.807, 2.05) is 24.7 Å². The van der Waals surface area contributed by atoms with Gasteiger partial charge in [-0.05, 0) is 42.7 Å². The molecule has 3 nitrogen and oxygen atoms in total. The Labute approximate surface area is 165 Å². The van der Waals surface area contributed by atoms with Gasteiger partial charge in [0.1, 0.15) is 6.10 Å². The van der Waals surface area contributed by atoms with E-state index in [0.29, 0.717) is 22.0 Å². The quantitative estimate of drug-likeness (QED) is 0.575. The van der Waals surface area contributed by atoms with Crippen LogP contribution in [0.25, 0.3) is 0 Å². The van der Waals surface area contributed by atoms with Gasteiger partial charge in [-0.25, -0.2) is 4.98 Å². The number of ether oxygens (including phenoxy) is 1. The Morgan fingerprint density at radius 1 is 1.23 bits per heavy atom. The summed E-state index contributed by atoms with van der Waals surface area (Å²) in [6.07, 6.45) is 14.9. The van der Waals surface area contributed by atoms with Crippen molar-refractivity contribution in [2.45, 2.75) is 57.6 Å². The Morgan fingerprint density at radius 3 is 2.73 bits per heavy atom. The average Bonchev–Trinajstić information content (AvgIpc) is 3.12. The average molecular weight is 393 g/mol. The van der Waals surface area contributed by atoms with E-state index >= 15 is 0 Å². The van der Waals surface area contributed by atoms with E-state index in [0.717, 1.165) is 18.1 Å². The van der Waals surface area contributed by atoms with Crippen molar-refractivity contribution < 1.29 is 4.74 Å². The van der Waals surface area contributed by atoms with Crippen molar-refractivity contribution >= 4 is 23.2 Å². The zero-order chi connectivity index (χ0) is 18.0. The number of fused-ring (bicyclic) bond motifs is 2. The van der Waals surface area contributed by atoms with Crippen LogP contribution in [0.15, 0.2) is 36.9 Å². The maximum absolute atomic E-state index is 6.56. The summed E-state index contributed by atoms with van der Waals surface area (Å²) in [5, 5.41) is 1.33. The minimum Gasteiger partial charge on any atom is -0.371 e. The predicted molar refractivity (Wildman–Crippen MR) is 106 cm³/mol. The highest BCUT2D eigenvalue weighted by Crippen LogP contribution is 2.49. The fourth-order valence-corrected chi connectivity index (χ4v) is 5.42. The molecule has 1 aromatic heterocycles. The number of imidazole rings is 1. The first kappa shape index (κ1) is 18.3. The third kappa shape index (κ3) is 4.11. The molecule has 2 saturated carbocycles. The fourth-order valence-electron chi connectivity index (χ4n) is 4.89. The molecular formula is C21H26Cl2N2O. The van der Waals surface area contributed by atoms with Gasteiger partial charge in [-0.1, -0.05) is 55.0 Å². The van der Waals surface area contributed by atoms with Gasteiger partial charge in [0.2, 0.25) is 0 Å². The number of rotatable bonds is 6. The molecule has 2 aromatic rings. The summed E-state index contributed by atoms with van der Waals surface area (Å²) in [4.78, 5) is 4.16. The molecule has 0 saturated heterocycles. The highest BCUT2D eigenvalue weighted by Gasteiger charge is 2.40. The molecule has 0 radical (unpaired) electrons. The molecule has 1 aromatic carbocycles. The SMILES string of the molecule is Clc1ccc(C(Cn2ccnc2)OCC23CCCC(CCC2)C3)c(Cl)c1. The zero-order valence-electron chi connectivity index (χ0n) is 15.0. The van der Waals surface area contributed by atoms with Crippen molar-refractivity contribution in [1.29, 1.82) is 0 Å². The number of benzene rings is 1. The Morgan fingerprint density at radius 2 is 2.04 bits per heavy atom. The van der Waals surface area contributed by atoms with Crippen LogP contribution in [0.4, 0.5) is 0 Å². The van der Waals surface area contributed by atoms with Gasteiger partial charge in [0.05, 0.1) is 19.5 Å². The van der Waals surface area contributed by atoms with E-state index in [4.69, 9.17) is 27.9 Å². The minimum atomic E-state index is -0.0920. The van der Waals surface area contributed by atoms with Crippen LogP contribution in [0.2, 0.25) is 10.0 Å². The third-order valence-electron chi connectivity index (χ3n) is 6.20. The molecule has 4 rings (SSSR count). The van der Waals surface area contributed by atoms with Crippen LogP contribution in [0.1, 0.15) is 56.6 Å². The lowest BCUT2D eigenvalue weighted by molar-refractivity contribution is -0.0587. The Bertz CT molecular complexity index is 722. The molecule has 2 aliphatic carbocycles. The molecule has 1 atom stereocenters. The molecule has 0 amide bonds. The van der Waals surface area contributed by atoms with Crippen LogP contribution in [-0.4, -0.2) is 16.2 Å². The molecule has 1 unspecified atom stereocenters. The molecule has 140 valence electrons. The highest BCUT2D eigenvalue weighted by molar-refractivity contribution is 6.35. The summed E-state index contributed by atoms with van der Waals surface area (Å²) in [6.45, 7) is 1.53. The molecule has 1 heterocycles. The molecule has 0 N–H and O–H groups in total. The second kappa shape index (κ2) is 7.92. The van der Waals surface area contributed by atoms with E-state index in [1.54, 1.807) is 12.3 Å². The lowest BCUT2D eigenvalue weighted by Gasteiger charge is -2.45. The van der Waals surface area contributed by atoms with Crippen molar-refractivity contribution in [3.05, 3.63) is 52.5 Å². The van der Waals surface area contributed by atoms with Crippen molar-refractivity contribution in [2.24, 2.45) is 11.3 Å². The van der Waals surface area contributed by atoms with Gasteiger partial charge in [0, 0.05) is 28.0 Å². The lowest BCUT2D eigenvalue weighted by Crippen LogP contribution is -2.37. The van der Waals surface area contributed by atoms with E-state index in [9.17, 15) is 0 Å². The van der Waals surface area contributed by atoms with Gasteiger partial charge in [0.15, 0.2) is 0 Å². The monoisotopic (exact) mass is 392 g/mol. The van der Waals surface area contributed by atoms with Gasteiger partial charge in [-0.2, -0.15) is 0 Å². The third-order valence-corrected chi connectivity index (χ3v) is 6.76. The van der Waals surface area contributed by atoms with Gasteiger partial charge in [-0.3, -0.25) is 0 Å². The number of hydrogen-bond acceptors (Lipinski definition) is 2. The maximum Gasteiger partial charge on any atom is 0.102 e. The van der Waals surface area contributed by atoms with E-state index < -0.39 is 0 Å². The minimum absolute atomic E-state index is 0.0920. The Kier molecular flexibility index (Phi) is 5.58. The van der Waals surface area contributed by atoms with Gasteiger partial charge >= 0.3 is 0 Å². The number of aromatic nitrogens is 2. The Hall–Kier alpha value is -1.03. The van der Waals surface area contributed by atoms with Crippen molar-refractivity contribution in [3.8, 4) is 0 Å². The second-order valence-electron chi connectivity index (χ2n) is 8.08. The molecule has 0 aliphatic heterocycles. The number of nitrogens with zero attached hydrogens (tertiary/aromatic N) is 2. The zero-order valence-corrected chi connectivity index (χ0v) is 16.6. The maximum atomic E-state index is 6.56. The molecule has 5 heteroatoms. The number of halogens is 2. The van der Waals surface area contributed by atoms with Crippen LogP contribution in [0.5, 0.6) is 0 Å². The first-order valence-electron chi connectivity index (χ1n) is 9.66. The standard InChI is InChI=1S/C21H26Cl2N2O/c22-17-5-6-18(19(23)11-17)20(13-25-10-9-24-15-25)26-14-21-7-1-3-16(12-21)4-2-8-21/h5-6,9-11,15-16,20H,1-4,7-8,12-14H2.